The summed E-state index contributed by atoms with van der Waals surface area (Å²) in [5.41, 5.74) is 1.01. The summed E-state index contributed by atoms with van der Waals surface area (Å²) in [6.07, 6.45) is 2.97. The predicted molar refractivity (Wildman–Crippen MR) is 102 cm³/mol. The molecule has 1 unspecified atom stereocenters. The first-order valence-electron chi connectivity index (χ1n) is 8.82. The third-order valence-corrected chi connectivity index (χ3v) is 4.71. The van der Waals surface area contributed by atoms with Gasteiger partial charge in [0.25, 0.3) is 5.91 Å². The summed E-state index contributed by atoms with van der Waals surface area (Å²) in [5.74, 6) is 1.64. The summed E-state index contributed by atoms with van der Waals surface area (Å²) < 4.78 is 11.0. The Bertz CT molecular complexity index is 519. The minimum atomic E-state index is -0.412. The Labute approximate surface area is 157 Å². The Balaban J connectivity index is 0.00000312. The molecule has 2 rings (SSSR count). The van der Waals surface area contributed by atoms with Crippen LogP contribution < -0.4 is 10.1 Å². The highest BCUT2D eigenvalue weighted by atomic mass is 35.5. The number of carbonyl (C=O) groups is 1. The van der Waals surface area contributed by atoms with E-state index in [1.54, 1.807) is 7.11 Å². The average Bonchev–Trinajstić information content (AvgIpc) is 2.64. The fourth-order valence-corrected chi connectivity index (χ4v) is 3.10. The minimum absolute atomic E-state index is 0. The highest BCUT2D eigenvalue weighted by Crippen LogP contribution is 2.21. The van der Waals surface area contributed by atoms with E-state index in [0.29, 0.717) is 6.61 Å². The van der Waals surface area contributed by atoms with Gasteiger partial charge in [-0.1, -0.05) is 12.1 Å². The van der Waals surface area contributed by atoms with Crippen LogP contribution in [-0.2, 0) is 16.1 Å². The minimum Gasteiger partial charge on any atom is -0.497 e. The average molecular weight is 371 g/mol. The Kier molecular flexibility index (Phi) is 9.86. The molecule has 1 atom stereocenters. The number of hydrogen-bond donors (Lipinski definition) is 1. The van der Waals surface area contributed by atoms with Gasteiger partial charge in [0.2, 0.25) is 0 Å². The summed E-state index contributed by atoms with van der Waals surface area (Å²) in [6.45, 7) is 5.01. The van der Waals surface area contributed by atoms with Gasteiger partial charge in [-0.25, -0.2) is 0 Å². The molecule has 0 bridgehead atoms. The van der Waals surface area contributed by atoms with Crippen LogP contribution in [0.3, 0.4) is 0 Å². The molecule has 0 aromatic heterocycles. The van der Waals surface area contributed by atoms with Crippen LogP contribution in [0.2, 0.25) is 0 Å². The lowest BCUT2D eigenvalue weighted by Gasteiger charge is -2.33. The van der Waals surface area contributed by atoms with Gasteiger partial charge in [0, 0.05) is 13.1 Å². The first kappa shape index (κ1) is 21.7. The van der Waals surface area contributed by atoms with Crippen molar-refractivity contribution < 1.29 is 14.3 Å². The van der Waals surface area contributed by atoms with Crippen molar-refractivity contribution in [2.45, 2.75) is 38.9 Å². The van der Waals surface area contributed by atoms with Crippen molar-refractivity contribution >= 4 is 18.3 Å². The zero-order valence-electron chi connectivity index (χ0n) is 15.5. The first-order chi connectivity index (χ1) is 11.6. The molecule has 1 fully saturated rings. The van der Waals surface area contributed by atoms with Gasteiger partial charge in [0.05, 0.1) is 13.7 Å². The molecular formula is C19H31ClN2O3. The molecule has 0 radical (unpaired) electrons. The van der Waals surface area contributed by atoms with Gasteiger partial charge >= 0.3 is 0 Å². The normalized spacial score (nSPS) is 16.2. The van der Waals surface area contributed by atoms with Crippen molar-refractivity contribution in [2.24, 2.45) is 5.92 Å². The number of nitrogens with zero attached hydrogens (tertiary/aromatic N) is 1. The molecular weight excluding hydrogens is 340 g/mol. The van der Waals surface area contributed by atoms with Crippen LogP contribution in [0.4, 0.5) is 0 Å². The van der Waals surface area contributed by atoms with Gasteiger partial charge in [-0.15, -0.1) is 12.4 Å². The maximum atomic E-state index is 12.5. The van der Waals surface area contributed by atoms with Crippen LogP contribution in [-0.4, -0.2) is 50.7 Å². The molecule has 1 aromatic carbocycles. The van der Waals surface area contributed by atoms with E-state index in [9.17, 15) is 4.79 Å². The maximum Gasteiger partial charge on any atom is 0.251 e. The number of ether oxygens (including phenoxy) is 2. The maximum absolute atomic E-state index is 12.5. The Morgan fingerprint density at radius 3 is 2.72 bits per heavy atom. The molecule has 1 aromatic rings. The molecule has 25 heavy (non-hydrogen) atoms. The van der Waals surface area contributed by atoms with Gasteiger partial charge < -0.3 is 19.7 Å². The van der Waals surface area contributed by atoms with E-state index in [1.807, 2.05) is 43.1 Å². The van der Waals surface area contributed by atoms with E-state index < -0.39 is 6.10 Å². The molecule has 0 spiro atoms. The molecule has 1 amide bonds. The molecule has 6 heteroatoms. The zero-order valence-corrected chi connectivity index (χ0v) is 16.3. The molecule has 1 saturated heterocycles. The number of piperidine rings is 1. The highest BCUT2D eigenvalue weighted by molar-refractivity contribution is 5.85. The number of nitrogens with one attached hydrogen (secondary N) is 1. The second-order valence-corrected chi connectivity index (χ2v) is 6.47. The SMILES string of the molecule is CNCCC1CCN(C(=O)C(C)OCc2cccc(OC)c2)CC1.Cl. The highest BCUT2D eigenvalue weighted by Gasteiger charge is 2.26. The van der Waals surface area contributed by atoms with E-state index in [-0.39, 0.29) is 18.3 Å². The van der Waals surface area contributed by atoms with Crippen molar-refractivity contribution in [3.63, 3.8) is 0 Å². The summed E-state index contributed by atoms with van der Waals surface area (Å²) in [4.78, 5) is 14.5. The Morgan fingerprint density at radius 2 is 2.08 bits per heavy atom. The van der Waals surface area contributed by atoms with Crippen LogP contribution in [0, 0.1) is 5.92 Å². The standard InChI is InChI=1S/C19H30N2O3.ClH/c1-15(24-14-17-5-4-6-18(13-17)23-3)19(22)21-11-8-16(9-12-21)7-10-20-2;/h4-6,13,15-16,20H,7-12,14H2,1-3H3;1H. The summed E-state index contributed by atoms with van der Waals surface area (Å²) in [5, 5.41) is 3.20. The third kappa shape index (κ3) is 6.84. The van der Waals surface area contributed by atoms with Crippen LogP contribution >= 0.6 is 12.4 Å². The number of likely N-dealkylation sites (tertiary alicyclic amines) is 1. The number of amides is 1. The van der Waals surface area contributed by atoms with Gasteiger partial charge in [-0.2, -0.15) is 0 Å². The van der Waals surface area contributed by atoms with E-state index >= 15 is 0 Å². The fourth-order valence-electron chi connectivity index (χ4n) is 3.10. The largest absolute Gasteiger partial charge is 0.497 e. The summed E-state index contributed by atoms with van der Waals surface area (Å²) in [7, 11) is 3.63. The topological polar surface area (TPSA) is 50.8 Å². The second kappa shape index (κ2) is 11.3. The number of rotatable bonds is 8. The van der Waals surface area contributed by atoms with Gasteiger partial charge in [-0.05, 0) is 63.4 Å². The lowest BCUT2D eigenvalue weighted by molar-refractivity contribution is -0.144. The van der Waals surface area contributed by atoms with Crippen molar-refractivity contribution in [2.75, 3.05) is 33.8 Å². The second-order valence-electron chi connectivity index (χ2n) is 6.47. The predicted octanol–water partition coefficient (Wildman–Crippen LogP) is 2.87. The molecule has 1 aliphatic rings. The lowest BCUT2D eigenvalue weighted by atomic mass is 9.93. The van der Waals surface area contributed by atoms with E-state index in [2.05, 4.69) is 5.32 Å². The van der Waals surface area contributed by atoms with E-state index in [1.165, 1.54) is 6.42 Å². The number of carbonyl (C=O) groups excluding carboxylic acids is 1. The fraction of sp³-hybridized carbons (Fsp3) is 0.632. The van der Waals surface area contributed by atoms with Gasteiger partial charge in [0.1, 0.15) is 11.9 Å². The Hall–Kier alpha value is -1.30. The molecule has 1 aliphatic heterocycles. The van der Waals surface area contributed by atoms with Crippen molar-refractivity contribution in [3.8, 4) is 5.75 Å². The van der Waals surface area contributed by atoms with Gasteiger partial charge in [0.15, 0.2) is 0 Å². The molecule has 1 heterocycles. The third-order valence-electron chi connectivity index (χ3n) is 4.71. The van der Waals surface area contributed by atoms with E-state index in [4.69, 9.17) is 9.47 Å². The van der Waals surface area contributed by atoms with Crippen molar-refractivity contribution in [1.29, 1.82) is 0 Å². The number of halogens is 1. The summed E-state index contributed by atoms with van der Waals surface area (Å²) >= 11 is 0. The van der Waals surface area contributed by atoms with Crippen LogP contribution in [0.5, 0.6) is 5.75 Å². The smallest absolute Gasteiger partial charge is 0.251 e. The van der Waals surface area contributed by atoms with Crippen LogP contribution in [0.25, 0.3) is 0 Å². The molecule has 0 saturated carbocycles. The zero-order chi connectivity index (χ0) is 17.4. The molecule has 0 aliphatic carbocycles. The van der Waals surface area contributed by atoms with Gasteiger partial charge in [-0.3, -0.25) is 4.79 Å². The number of methoxy groups -OCH3 is 1. The molecule has 142 valence electrons. The molecule has 5 nitrogen and oxygen atoms in total. The monoisotopic (exact) mass is 370 g/mol. The van der Waals surface area contributed by atoms with Crippen LogP contribution in [0.15, 0.2) is 24.3 Å². The van der Waals surface area contributed by atoms with Crippen LogP contribution in [0.1, 0.15) is 31.7 Å². The quantitative estimate of drug-likeness (QED) is 0.764. The van der Waals surface area contributed by atoms with Crippen molar-refractivity contribution in [3.05, 3.63) is 29.8 Å². The number of benzene rings is 1. The van der Waals surface area contributed by atoms with Crippen molar-refractivity contribution in [1.82, 2.24) is 10.2 Å². The lowest BCUT2D eigenvalue weighted by Crippen LogP contribution is -2.44. The van der Waals surface area contributed by atoms with E-state index in [0.717, 1.165) is 49.7 Å². The summed E-state index contributed by atoms with van der Waals surface area (Å²) in [6, 6.07) is 7.74. The first-order valence-corrected chi connectivity index (χ1v) is 8.82. The molecule has 1 N–H and O–H groups in total. The number of hydrogen-bond acceptors (Lipinski definition) is 4. The Morgan fingerprint density at radius 1 is 1.36 bits per heavy atom.